The first-order valence-electron chi connectivity index (χ1n) is 4.75. The first kappa shape index (κ1) is 17.8. The monoisotopic (exact) mass is 584 g/mol. The Balaban J connectivity index is 3.63. The van der Waals surface area contributed by atoms with Gasteiger partial charge in [0.1, 0.15) is 0 Å². The number of halogens is 6. The van der Waals surface area contributed by atoms with Gasteiger partial charge in [0.2, 0.25) is 5.83 Å². The van der Waals surface area contributed by atoms with Crippen LogP contribution in [0, 0.1) is 0 Å². The fraction of sp³-hybridized carbons (Fsp3) is 0.182. The summed E-state index contributed by atoms with van der Waals surface area (Å²) in [4.78, 5) is 10.6. The van der Waals surface area contributed by atoms with E-state index in [0.29, 0.717) is 25.2 Å². The largest absolute Gasteiger partial charge is 0.476 e. The SMILES string of the molecule is O=C(O)C(F)=Cc1c(Br)c(Br)c(CBr)c(CBr)c1Br. The molecule has 1 N–H and O–H groups in total. The highest BCUT2D eigenvalue weighted by Crippen LogP contribution is 2.41. The summed E-state index contributed by atoms with van der Waals surface area (Å²) in [6, 6.07) is 0. The van der Waals surface area contributed by atoms with Crippen molar-refractivity contribution >= 4 is 91.7 Å². The van der Waals surface area contributed by atoms with Crippen LogP contribution < -0.4 is 0 Å². The Kier molecular flexibility index (Phi) is 7.20. The van der Waals surface area contributed by atoms with E-state index in [1.807, 2.05) is 0 Å². The number of carboxylic acids is 1. The van der Waals surface area contributed by atoms with Crippen LogP contribution in [0.2, 0.25) is 0 Å². The summed E-state index contributed by atoms with van der Waals surface area (Å²) in [6.07, 6.45) is 0.978. The van der Waals surface area contributed by atoms with E-state index in [4.69, 9.17) is 5.11 Å². The number of alkyl halides is 2. The van der Waals surface area contributed by atoms with Crippen LogP contribution in [0.4, 0.5) is 4.39 Å². The zero-order chi connectivity index (χ0) is 14.7. The Morgan fingerprint density at radius 1 is 1.05 bits per heavy atom. The van der Waals surface area contributed by atoms with Gasteiger partial charge in [0.25, 0.3) is 0 Å². The van der Waals surface area contributed by atoms with Crippen molar-refractivity contribution in [1.29, 1.82) is 0 Å². The fourth-order valence-electron chi connectivity index (χ4n) is 1.37. The Morgan fingerprint density at radius 3 is 1.95 bits per heavy atom. The molecule has 1 rings (SSSR count). The molecule has 8 heteroatoms. The summed E-state index contributed by atoms with van der Waals surface area (Å²) in [5.74, 6) is -2.82. The van der Waals surface area contributed by atoms with Crippen molar-refractivity contribution in [2.45, 2.75) is 10.7 Å². The molecule has 0 aliphatic carbocycles. The lowest BCUT2D eigenvalue weighted by Gasteiger charge is -2.15. The third kappa shape index (κ3) is 3.90. The van der Waals surface area contributed by atoms with Crippen molar-refractivity contribution in [3.63, 3.8) is 0 Å². The van der Waals surface area contributed by atoms with E-state index < -0.39 is 11.8 Å². The fourth-order valence-corrected chi connectivity index (χ4v) is 5.46. The second kappa shape index (κ2) is 7.68. The number of hydrogen-bond donors (Lipinski definition) is 1. The lowest BCUT2D eigenvalue weighted by molar-refractivity contribution is -0.134. The zero-order valence-corrected chi connectivity index (χ0v) is 17.0. The molecule has 0 aliphatic rings. The maximum absolute atomic E-state index is 13.3. The van der Waals surface area contributed by atoms with Crippen LogP contribution in [-0.2, 0) is 15.5 Å². The van der Waals surface area contributed by atoms with Gasteiger partial charge in [-0.15, -0.1) is 0 Å². The number of carboxylic acid groups (broad SMARTS) is 1. The Labute approximate surface area is 151 Å². The van der Waals surface area contributed by atoms with Gasteiger partial charge in [0.05, 0.1) is 0 Å². The van der Waals surface area contributed by atoms with Crippen LogP contribution in [0.15, 0.2) is 19.2 Å². The van der Waals surface area contributed by atoms with Crippen molar-refractivity contribution in [3.8, 4) is 0 Å². The summed E-state index contributed by atoms with van der Waals surface area (Å²) < 4.78 is 15.3. The minimum atomic E-state index is -1.60. The lowest BCUT2D eigenvalue weighted by atomic mass is 10.1. The molecule has 0 spiro atoms. The number of rotatable bonds is 4. The molecule has 19 heavy (non-hydrogen) atoms. The molecule has 0 radical (unpaired) electrons. The quantitative estimate of drug-likeness (QED) is 0.260. The molecule has 0 aliphatic heterocycles. The molecule has 1 aromatic carbocycles. The van der Waals surface area contributed by atoms with Gasteiger partial charge in [-0.3, -0.25) is 0 Å². The van der Waals surface area contributed by atoms with Crippen LogP contribution in [0.1, 0.15) is 16.7 Å². The topological polar surface area (TPSA) is 37.3 Å². The van der Waals surface area contributed by atoms with Gasteiger partial charge in [0.15, 0.2) is 0 Å². The molecule has 0 atom stereocenters. The lowest BCUT2D eigenvalue weighted by Crippen LogP contribution is -1.99. The van der Waals surface area contributed by atoms with E-state index in [0.717, 1.165) is 21.7 Å². The van der Waals surface area contributed by atoms with Crippen LogP contribution in [0.3, 0.4) is 0 Å². The van der Waals surface area contributed by atoms with E-state index >= 15 is 0 Å². The van der Waals surface area contributed by atoms with Crippen molar-refractivity contribution in [3.05, 3.63) is 35.9 Å². The van der Waals surface area contributed by atoms with Gasteiger partial charge in [-0.25, -0.2) is 4.79 Å². The minimum absolute atomic E-state index is 0.436. The number of aliphatic carboxylic acids is 1. The second-order valence-corrected chi connectivity index (χ2v) is 6.88. The zero-order valence-electron chi connectivity index (χ0n) is 9.11. The first-order valence-corrected chi connectivity index (χ1v) is 9.37. The molecule has 0 fully saturated rings. The van der Waals surface area contributed by atoms with Crippen molar-refractivity contribution in [2.24, 2.45) is 0 Å². The van der Waals surface area contributed by atoms with Crippen LogP contribution in [0.25, 0.3) is 6.08 Å². The number of benzene rings is 1. The summed E-state index contributed by atoms with van der Waals surface area (Å²) in [7, 11) is 0. The van der Waals surface area contributed by atoms with Crippen molar-refractivity contribution in [2.75, 3.05) is 0 Å². The van der Waals surface area contributed by atoms with Crippen LogP contribution in [-0.4, -0.2) is 11.1 Å². The van der Waals surface area contributed by atoms with Gasteiger partial charge in [-0.05, 0) is 65.0 Å². The van der Waals surface area contributed by atoms with E-state index in [1.165, 1.54) is 0 Å². The maximum Gasteiger partial charge on any atom is 0.364 e. The van der Waals surface area contributed by atoms with E-state index in [9.17, 15) is 9.18 Å². The molecule has 0 bridgehead atoms. The van der Waals surface area contributed by atoms with Crippen LogP contribution in [0.5, 0.6) is 0 Å². The molecular formula is C11H6Br5FO2. The van der Waals surface area contributed by atoms with Crippen molar-refractivity contribution in [1.82, 2.24) is 0 Å². The van der Waals surface area contributed by atoms with Crippen molar-refractivity contribution < 1.29 is 14.3 Å². The smallest absolute Gasteiger partial charge is 0.364 e. The highest BCUT2D eigenvalue weighted by atomic mass is 79.9. The molecule has 0 unspecified atom stereocenters. The Morgan fingerprint density at radius 2 is 1.53 bits per heavy atom. The number of carbonyl (C=O) groups is 1. The maximum atomic E-state index is 13.3. The first-order chi connectivity index (χ1) is 8.84. The third-order valence-electron chi connectivity index (χ3n) is 2.30. The number of hydrogen-bond acceptors (Lipinski definition) is 1. The van der Waals surface area contributed by atoms with Gasteiger partial charge >= 0.3 is 5.97 Å². The van der Waals surface area contributed by atoms with E-state index in [2.05, 4.69) is 79.6 Å². The van der Waals surface area contributed by atoms with E-state index in [-0.39, 0.29) is 0 Å². The summed E-state index contributed by atoms with van der Waals surface area (Å²) in [5, 5.41) is 9.78. The third-order valence-corrected chi connectivity index (χ3v) is 6.56. The molecule has 104 valence electrons. The highest BCUT2D eigenvalue weighted by Gasteiger charge is 2.19. The standard InChI is InChI=1S/C11H6Br5FO2/c12-2-5-6(3-13)10(16)9(15)4(8(5)14)1-7(17)11(18)19/h1H,2-3H2,(H,18,19). The predicted octanol–water partition coefficient (Wildman–Crippen LogP) is 6.16. The summed E-state index contributed by atoms with van der Waals surface area (Å²) in [6.45, 7) is 0. The Bertz CT molecular complexity index is 557. The summed E-state index contributed by atoms with van der Waals surface area (Å²) >= 11 is 16.9. The molecule has 0 saturated carbocycles. The molecule has 1 aromatic rings. The highest BCUT2D eigenvalue weighted by molar-refractivity contribution is 9.13. The molecule has 2 nitrogen and oxygen atoms in total. The minimum Gasteiger partial charge on any atom is -0.476 e. The van der Waals surface area contributed by atoms with Gasteiger partial charge < -0.3 is 5.11 Å². The summed E-state index contributed by atoms with van der Waals surface area (Å²) in [5.41, 5.74) is 2.34. The molecule has 0 heterocycles. The average Bonchev–Trinajstić information content (AvgIpc) is 2.37. The van der Waals surface area contributed by atoms with Gasteiger partial charge in [-0.2, -0.15) is 4.39 Å². The molecule has 0 aromatic heterocycles. The average molecular weight is 589 g/mol. The molecular weight excluding hydrogens is 583 g/mol. The molecule has 0 saturated heterocycles. The van der Waals surface area contributed by atoms with Gasteiger partial charge in [-0.1, -0.05) is 31.9 Å². The van der Waals surface area contributed by atoms with E-state index in [1.54, 1.807) is 0 Å². The normalized spacial score (nSPS) is 11.8. The van der Waals surface area contributed by atoms with Crippen LogP contribution >= 0.6 is 79.6 Å². The predicted molar refractivity (Wildman–Crippen MR) is 91.5 cm³/mol. The van der Waals surface area contributed by atoms with Gasteiger partial charge in [0, 0.05) is 29.6 Å². The second-order valence-electron chi connectivity index (χ2n) is 3.38. The Hall–Kier alpha value is 0.760. The molecule has 0 amide bonds.